The van der Waals surface area contributed by atoms with Crippen molar-refractivity contribution in [2.45, 2.75) is 13.1 Å². The van der Waals surface area contributed by atoms with Crippen molar-refractivity contribution in [1.29, 1.82) is 0 Å². The number of aromatic nitrogens is 4. The van der Waals surface area contributed by atoms with Gasteiger partial charge in [-0.15, -0.1) is 0 Å². The molecule has 0 saturated heterocycles. The summed E-state index contributed by atoms with van der Waals surface area (Å²) in [4.78, 5) is 38.9. The van der Waals surface area contributed by atoms with Crippen molar-refractivity contribution in [2.24, 2.45) is 0 Å². The maximum absolute atomic E-state index is 14.1. The third-order valence-corrected chi connectivity index (χ3v) is 4.83. The highest BCUT2D eigenvalue weighted by Crippen LogP contribution is 2.32. The fraction of sp³-hybridized carbons (Fsp3) is 0.190. The number of carbonyl (C=O) groups excluding carboxylic acids is 1. The van der Waals surface area contributed by atoms with E-state index in [2.05, 4.69) is 30.0 Å². The average Bonchev–Trinajstić information content (AvgIpc) is 2.78. The molecule has 0 aliphatic heterocycles. The maximum atomic E-state index is 14.1. The van der Waals surface area contributed by atoms with E-state index in [0.29, 0.717) is 11.1 Å². The number of alkyl halides is 3. The van der Waals surface area contributed by atoms with Gasteiger partial charge in [0.05, 0.1) is 25.4 Å². The molecule has 14 heteroatoms. The van der Waals surface area contributed by atoms with Crippen molar-refractivity contribution < 1.29 is 36.6 Å². The number of carbonyl (C=O) groups is 1. The highest BCUT2D eigenvalue weighted by Gasteiger charge is 2.41. The summed E-state index contributed by atoms with van der Waals surface area (Å²) in [6.45, 7) is 1.65. The quantitative estimate of drug-likeness (QED) is 0.244. The Hall–Kier alpha value is -4.49. The molecule has 0 fully saturated rings. The number of methoxy groups -OCH3 is 2. The molecule has 2 aromatic carbocycles. The van der Waals surface area contributed by atoms with Crippen molar-refractivity contribution in [3.8, 4) is 17.2 Å². The lowest BCUT2D eigenvalue weighted by atomic mass is 10.2. The van der Waals surface area contributed by atoms with Crippen molar-refractivity contribution in [3.05, 3.63) is 46.1 Å². The monoisotopic (exact) mass is 493 g/mol. The third-order valence-electron chi connectivity index (χ3n) is 4.83. The van der Waals surface area contributed by atoms with Crippen molar-refractivity contribution in [3.63, 3.8) is 0 Å². The molecule has 0 saturated carbocycles. The zero-order chi connectivity index (χ0) is 25.5. The molecule has 2 aromatic heterocycles. The van der Waals surface area contributed by atoms with Gasteiger partial charge in [-0.2, -0.15) is 13.2 Å². The smallest absolute Gasteiger partial charge is 0.491 e. The molecule has 2 N–H and O–H groups in total. The molecule has 0 spiro atoms. The fourth-order valence-corrected chi connectivity index (χ4v) is 3.26. The summed E-state index contributed by atoms with van der Waals surface area (Å²) in [6, 6.07) is 4.75. The molecular weight excluding hydrogens is 478 g/mol. The Labute approximate surface area is 192 Å². The Morgan fingerprint density at radius 1 is 1.03 bits per heavy atom. The van der Waals surface area contributed by atoms with E-state index in [-0.39, 0.29) is 34.4 Å². The summed E-state index contributed by atoms with van der Waals surface area (Å²) in [5.74, 6) is -4.04. The van der Waals surface area contributed by atoms with Crippen LogP contribution in [0.2, 0.25) is 0 Å². The van der Waals surface area contributed by atoms with Crippen LogP contribution in [0, 0.1) is 12.7 Å². The van der Waals surface area contributed by atoms with E-state index in [9.17, 15) is 27.2 Å². The van der Waals surface area contributed by atoms with Crippen molar-refractivity contribution in [1.82, 2.24) is 19.9 Å². The minimum Gasteiger partial charge on any atom is -0.494 e. The van der Waals surface area contributed by atoms with Gasteiger partial charge in [-0.25, -0.2) is 24.1 Å². The molecule has 182 valence electrons. The van der Waals surface area contributed by atoms with Gasteiger partial charge in [-0.05, 0) is 25.1 Å². The first-order valence-electron chi connectivity index (χ1n) is 9.70. The zero-order valence-electron chi connectivity index (χ0n) is 18.2. The predicted octanol–water partition coefficient (Wildman–Crippen LogP) is 3.54. The predicted molar refractivity (Wildman–Crippen MR) is 115 cm³/mol. The van der Waals surface area contributed by atoms with Crippen LogP contribution in [0.5, 0.6) is 17.2 Å². The summed E-state index contributed by atoms with van der Waals surface area (Å²) in [5, 5.41) is 2.74. The number of rotatable bonds is 5. The summed E-state index contributed by atoms with van der Waals surface area (Å²) in [6.07, 6.45) is -5.28. The molecule has 0 aliphatic rings. The van der Waals surface area contributed by atoms with Gasteiger partial charge in [0, 0.05) is 11.5 Å². The van der Waals surface area contributed by atoms with Crippen molar-refractivity contribution in [2.75, 3.05) is 19.5 Å². The SMILES string of the molecule is COc1cc2c(C)nc(Nc3nc4c(OC)ccc(OC(=O)C(F)(F)F)c4c(=O)[nH]3)nc2cc1F. The molecule has 0 bridgehead atoms. The normalized spacial score (nSPS) is 11.5. The Morgan fingerprint density at radius 3 is 2.37 bits per heavy atom. The number of fused-ring (bicyclic) bond motifs is 2. The molecule has 4 rings (SSSR count). The number of aryl methyl sites for hydroxylation is 1. The number of nitrogens with one attached hydrogen (secondary N) is 2. The first kappa shape index (κ1) is 23.7. The molecule has 0 aliphatic carbocycles. The van der Waals surface area contributed by atoms with Crippen LogP contribution in [-0.4, -0.2) is 46.3 Å². The number of esters is 1. The lowest BCUT2D eigenvalue weighted by Crippen LogP contribution is -2.28. The molecule has 35 heavy (non-hydrogen) atoms. The van der Waals surface area contributed by atoms with Crippen molar-refractivity contribution >= 4 is 39.7 Å². The molecular formula is C21H15F4N5O5. The number of benzene rings is 2. The number of hydrogen-bond acceptors (Lipinski definition) is 9. The van der Waals surface area contributed by atoms with E-state index < -0.39 is 34.7 Å². The number of H-pyrrole nitrogens is 1. The molecule has 0 atom stereocenters. The molecule has 0 radical (unpaired) electrons. The number of ether oxygens (including phenoxy) is 3. The summed E-state index contributed by atoms with van der Waals surface area (Å²) in [5.41, 5.74) is -0.438. The second kappa shape index (κ2) is 8.70. The molecule has 0 unspecified atom stereocenters. The second-order valence-corrected chi connectivity index (χ2v) is 7.05. The van der Waals surface area contributed by atoms with Gasteiger partial charge < -0.3 is 14.2 Å². The Morgan fingerprint density at radius 2 is 1.71 bits per heavy atom. The van der Waals surface area contributed by atoms with Crippen LogP contribution in [0.25, 0.3) is 21.8 Å². The lowest BCUT2D eigenvalue weighted by Gasteiger charge is -2.13. The van der Waals surface area contributed by atoms with Crippen LogP contribution in [-0.2, 0) is 4.79 Å². The van der Waals surface area contributed by atoms with E-state index in [1.165, 1.54) is 26.4 Å². The van der Waals surface area contributed by atoms with Crippen LogP contribution >= 0.6 is 0 Å². The van der Waals surface area contributed by atoms with Gasteiger partial charge >= 0.3 is 12.1 Å². The van der Waals surface area contributed by atoms with Gasteiger partial charge in [-0.1, -0.05) is 0 Å². The van der Waals surface area contributed by atoms with Gasteiger partial charge in [0.1, 0.15) is 22.4 Å². The fourth-order valence-electron chi connectivity index (χ4n) is 3.26. The Kier molecular flexibility index (Phi) is 5.88. The Balaban J connectivity index is 1.79. The third kappa shape index (κ3) is 4.49. The van der Waals surface area contributed by atoms with Gasteiger partial charge in [0.2, 0.25) is 11.9 Å². The highest BCUT2D eigenvalue weighted by atomic mass is 19.4. The number of hydrogen-bond donors (Lipinski definition) is 2. The largest absolute Gasteiger partial charge is 0.494 e. The van der Waals surface area contributed by atoms with Gasteiger partial charge in [0.25, 0.3) is 5.56 Å². The second-order valence-electron chi connectivity index (χ2n) is 7.05. The highest BCUT2D eigenvalue weighted by molar-refractivity contribution is 5.92. The summed E-state index contributed by atoms with van der Waals surface area (Å²) < 4.78 is 66.5. The molecule has 2 heterocycles. The number of anilines is 2. The zero-order valence-corrected chi connectivity index (χ0v) is 18.2. The Bertz CT molecular complexity index is 1540. The first-order valence-corrected chi connectivity index (χ1v) is 9.70. The average molecular weight is 493 g/mol. The van der Waals surface area contributed by atoms with Gasteiger partial charge in [-0.3, -0.25) is 15.1 Å². The van der Waals surface area contributed by atoms with Gasteiger partial charge in [0.15, 0.2) is 11.6 Å². The number of halogens is 4. The maximum Gasteiger partial charge on any atom is 0.491 e. The summed E-state index contributed by atoms with van der Waals surface area (Å²) in [7, 11) is 2.58. The standard InChI is InChI=1S/C21H15F4N5O5/c1-8-9-6-14(34-3)10(22)7-11(9)27-19(26-8)30-20-28-16-13(33-2)5-4-12(15(16)17(31)29-20)35-18(32)21(23,24)25/h4-7H,1-3H3,(H2,26,27,28,29,30,31). The van der Waals surface area contributed by atoms with Crippen LogP contribution < -0.4 is 25.1 Å². The first-order chi connectivity index (χ1) is 16.5. The van der Waals surface area contributed by atoms with E-state index >= 15 is 0 Å². The van der Waals surface area contributed by atoms with E-state index in [1.54, 1.807) is 6.92 Å². The molecule has 10 nitrogen and oxygen atoms in total. The van der Waals surface area contributed by atoms with E-state index in [1.807, 2.05) is 0 Å². The van der Waals surface area contributed by atoms with Crippen LogP contribution in [0.3, 0.4) is 0 Å². The van der Waals surface area contributed by atoms with Crippen LogP contribution in [0.4, 0.5) is 29.5 Å². The summed E-state index contributed by atoms with van der Waals surface area (Å²) >= 11 is 0. The molecule has 4 aromatic rings. The molecule has 0 amide bonds. The lowest BCUT2D eigenvalue weighted by molar-refractivity contribution is -0.189. The number of nitrogens with zero attached hydrogens (tertiary/aromatic N) is 3. The van der Waals surface area contributed by atoms with Crippen LogP contribution in [0.1, 0.15) is 5.69 Å². The van der Waals surface area contributed by atoms with E-state index in [0.717, 1.165) is 12.1 Å². The van der Waals surface area contributed by atoms with E-state index in [4.69, 9.17) is 9.47 Å². The minimum atomic E-state index is -5.28. The number of aromatic amines is 1. The minimum absolute atomic E-state index is 0.0135. The van der Waals surface area contributed by atoms with Crippen LogP contribution in [0.15, 0.2) is 29.1 Å². The topological polar surface area (TPSA) is 128 Å².